The van der Waals surface area contributed by atoms with Gasteiger partial charge in [0.25, 0.3) is 5.91 Å². The van der Waals surface area contributed by atoms with Gasteiger partial charge in [-0.2, -0.15) is 0 Å². The van der Waals surface area contributed by atoms with E-state index in [1.54, 1.807) is 23.3 Å². The lowest BCUT2D eigenvalue weighted by molar-refractivity contribution is -0.117. The Labute approximate surface area is 232 Å². The molecule has 3 aliphatic carbocycles. The highest BCUT2D eigenvalue weighted by molar-refractivity contribution is 7.96. The predicted molar refractivity (Wildman–Crippen MR) is 153 cm³/mol. The molecule has 4 aliphatic rings. The van der Waals surface area contributed by atoms with Gasteiger partial charge >= 0.3 is 0 Å². The fourth-order valence-electron chi connectivity index (χ4n) is 5.48. The van der Waals surface area contributed by atoms with Crippen LogP contribution in [0.1, 0.15) is 73.7 Å². The molecule has 3 heterocycles. The van der Waals surface area contributed by atoms with Crippen LogP contribution in [-0.2, 0) is 17.6 Å². The molecule has 0 bridgehead atoms. The van der Waals surface area contributed by atoms with Crippen LogP contribution < -0.4 is 16.0 Å². The highest BCUT2D eigenvalue weighted by atomic mass is 32.2. The van der Waals surface area contributed by atoms with Crippen molar-refractivity contribution in [2.75, 3.05) is 30.0 Å². The van der Waals surface area contributed by atoms with Crippen molar-refractivity contribution in [3.63, 3.8) is 0 Å². The van der Waals surface area contributed by atoms with Crippen molar-refractivity contribution in [3.05, 3.63) is 22.3 Å². The first-order valence-corrected chi connectivity index (χ1v) is 15.2. The van der Waals surface area contributed by atoms with Crippen LogP contribution >= 0.6 is 23.3 Å². The minimum Gasteiger partial charge on any atom is -0.412 e. The zero-order valence-electron chi connectivity index (χ0n) is 22.0. The standard InChI is InChI=1S/C25H35N7O2S2.2H2O.H2/c1-14-19(9-10-32(14)35-2)28-25-30-27-13-31(25)17-7-8-20-18(11-17)21(23(34)26-12-15-3-4-15)24(36-20)29-22(33)16-5-6-16;;;/h13-17,19H,3-12H2,1-2H3,(H,26,34)(H,28,30)(H,29,33);2*1H2;1H/t14?,17-,19?;;;/m0.../s1. The molecule has 2 aromatic heterocycles. The van der Waals surface area contributed by atoms with E-state index < -0.39 is 0 Å². The van der Waals surface area contributed by atoms with Gasteiger partial charge in [-0.3, -0.25) is 14.2 Å². The van der Waals surface area contributed by atoms with Crippen molar-refractivity contribution >= 4 is 46.0 Å². The molecule has 0 aromatic carbocycles. The topological polar surface area (TPSA) is 167 Å². The van der Waals surface area contributed by atoms with Crippen molar-refractivity contribution in [3.8, 4) is 0 Å². The molecule has 0 spiro atoms. The van der Waals surface area contributed by atoms with Crippen LogP contribution in [0.3, 0.4) is 0 Å². The number of carbonyl (C=O) groups excluding carboxylic acids is 2. The third-order valence-corrected chi connectivity index (χ3v) is 10.3. The average molecular weight is 568 g/mol. The molecule has 2 unspecified atom stereocenters. The number of aryl methyl sites for hydroxylation is 1. The van der Waals surface area contributed by atoms with Crippen molar-refractivity contribution in [1.29, 1.82) is 0 Å². The third-order valence-electron chi connectivity index (χ3n) is 8.11. The maximum absolute atomic E-state index is 13.4. The van der Waals surface area contributed by atoms with Crippen LogP contribution in [-0.4, -0.2) is 73.3 Å². The molecular formula is C25H41N7O4S2. The highest BCUT2D eigenvalue weighted by Crippen LogP contribution is 2.43. The summed E-state index contributed by atoms with van der Waals surface area (Å²) >= 11 is 3.38. The molecule has 0 radical (unpaired) electrons. The number of hydrogen-bond donors (Lipinski definition) is 3. The van der Waals surface area contributed by atoms with E-state index in [1.807, 2.05) is 6.33 Å². The summed E-state index contributed by atoms with van der Waals surface area (Å²) in [6, 6.07) is 0.910. The Bertz CT molecular complexity index is 1150. The molecule has 1 saturated heterocycles. The number of aromatic nitrogens is 3. The number of thiophene rings is 1. The van der Waals surface area contributed by atoms with Gasteiger partial charge in [-0.25, -0.2) is 4.31 Å². The summed E-state index contributed by atoms with van der Waals surface area (Å²) in [5, 5.41) is 19.3. The summed E-state index contributed by atoms with van der Waals surface area (Å²) in [7, 11) is 0. The van der Waals surface area contributed by atoms with Crippen molar-refractivity contribution in [2.45, 2.75) is 76.4 Å². The Morgan fingerprint density at radius 1 is 1.18 bits per heavy atom. The Hall–Kier alpha value is -2.19. The summed E-state index contributed by atoms with van der Waals surface area (Å²) in [6.45, 7) is 4.03. The van der Waals surface area contributed by atoms with Gasteiger partial charge < -0.3 is 26.9 Å². The Morgan fingerprint density at radius 3 is 2.66 bits per heavy atom. The minimum atomic E-state index is -0.0508. The summed E-state index contributed by atoms with van der Waals surface area (Å²) in [4.78, 5) is 27.2. The maximum atomic E-state index is 13.4. The monoisotopic (exact) mass is 567 g/mol. The SMILES string of the molecule is CSN1CCC(Nc2nncn2[C@H]2CCc3sc(NC(=O)C4CC4)c(C(=O)NCC4CC4)c3C2)C1C.O.O.[HH]. The van der Waals surface area contributed by atoms with Gasteiger partial charge in [0.05, 0.1) is 5.56 Å². The fourth-order valence-corrected chi connectivity index (χ4v) is 7.49. The first-order valence-electron chi connectivity index (χ1n) is 13.2. The van der Waals surface area contributed by atoms with Crippen LogP contribution in [0.2, 0.25) is 0 Å². The second-order valence-corrected chi connectivity index (χ2v) is 12.6. The first kappa shape index (κ1) is 28.8. The van der Waals surface area contributed by atoms with Gasteiger partial charge in [0, 0.05) is 43.4 Å². The van der Waals surface area contributed by atoms with Crippen LogP contribution in [0.15, 0.2) is 6.33 Å². The lowest BCUT2D eigenvalue weighted by Gasteiger charge is -2.27. The number of hydrogen-bond acceptors (Lipinski definition) is 8. The van der Waals surface area contributed by atoms with Gasteiger partial charge in [-0.1, -0.05) is 11.9 Å². The molecule has 212 valence electrons. The first-order chi connectivity index (χ1) is 17.5. The Morgan fingerprint density at radius 2 is 1.97 bits per heavy atom. The zero-order chi connectivity index (χ0) is 24.8. The molecule has 3 atom stereocenters. The van der Waals surface area contributed by atoms with Crippen molar-refractivity contribution in [1.82, 2.24) is 24.4 Å². The Kier molecular flexibility index (Phi) is 9.03. The average Bonchev–Trinajstić information content (AvgIpc) is 3.79. The molecule has 7 N–H and O–H groups in total. The number of carbonyl (C=O) groups is 2. The van der Waals surface area contributed by atoms with Gasteiger partial charge in [0.15, 0.2) is 0 Å². The summed E-state index contributed by atoms with van der Waals surface area (Å²) in [5.41, 5.74) is 1.76. The van der Waals surface area contributed by atoms with E-state index in [4.69, 9.17) is 0 Å². The third kappa shape index (κ3) is 5.86. The molecule has 6 rings (SSSR count). The number of amides is 2. The van der Waals surface area contributed by atoms with Gasteiger partial charge in [-0.05, 0) is 76.0 Å². The highest BCUT2D eigenvalue weighted by Gasteiger charge is 2.36. The van der Waals surface area contributed by atoms with E-state index in [1.165, 1.54) is 17.7 Å². The lowest BCUT2D eigenvalue weighted by atomic mass is 9.91. The van der Waals surface area contributed by atoms with Gasteiger partial charge in [0.1, 0.15) is 11.3 Å². The lowest BCUT2D eigenvalue weighted by Crippen LogP contribution is -2.34. The molecule has 2 saturated carbocycles. The molecular weight excluding hydrogens is 526 g/mol. The molecule has 2 aromatic rings. The van der Waals surface area contributed by atoms with Gasteiger partial charge in [0.2, 0.25) is 11.9 Å². The summed E-state index contributed by atoms with van der Waals surface area (Å²) in [6.07, 6.45) is 11.9. The van der Waals surface area contributed by atoms with Crippen molar-refractivity contribution in [2.24, 2.45) is 11.8 Å². The number of fused-ring (bicyclic) bond motifs is 1. The van der Waals surface area contributed by atoms with E-state index in [0.29, 0.717) is 23.6 Å². The van der Waals surface area contributed by atoms with Gasteiger partial charge in [-0.15, -0.1) is 21.5 Å². The number of anilines is 2. The number of nitrogens with one attached hydrogen (secondary N) is 3. The van der Waals surface area contributed by atoms with E-state index in [9.17, 15) is 9.59 Å². The van der Waals surface area contributed by atoms with Crippen LogP contribution in [0.4, 0.5) is 10.9 Å². The molecule has 11 nitrogen and oxygen atoms in total. The normalized spacial score (nSPS) is 24.6. The number of nitrogens with zero attached hydrogens (tertiary/aromatic N) is 4. The molecule has 1 aliphatic heterocycles. The molecule has 2 amide bonds. The smallest absolute Gasteiger partial charge is 0.254 e. The van der Waals surface area contributed by atoms with E-state index in [0.717, 1.165) is 68.1 Å². The molecule has 13 heteroatoms. The summed E-state index contributed by atoms with van der Waals surface area (Å²) in [5.74, 6) is 1.51. The van der Waals surface area contributed by atoms with Crippen LogP contribution in [0, 0.1) is 11.8 Å². The Balaban J connectivity index is 0.00000140. The molecule has 3 fully saturated rings. The van der Waals surface area contributed by atoms with Crippen LogP contribution in [0.5, 0.6) is 0 Å². The second-order valence-electron chi connectivity index (χ2n) is 10.7. The minimum absolute atomic E-state index is 0. The summed E-state index contributed by atoms with van der Waals surface area (Å²) < 4.78 is 4.56. The number of rotatable bonds is 9. The zero-order valence-corrected chi connectivity index (χ0v) is 23.6. The quantitative estimate of drug-likeness (QED) is 0.391. The second kappa shape index (κ2) is 11.9. The van der Waals surface area contributed by atoms with E-state index in [-0.39, 0.29) is 36.2 Å². The van der Waals surface area contributed by atoms with E-state index in [2.05, 4.69) is 48.2 Å². The van der Waals surface area contributed by atoms with Crippen LogP contribution in [0.25, 0.3) is 0 Å². The fraction of sp³-hybridized carbons (Fsp3) is 0.680. The predicted octanol–water partition coefficient (Wildman–Crippen LogP) is 2.31. The largest absolute Gasteiger partial charge is 0.412 e. The maximum Gasteiger partial charge on any atom is 0.254 e. The molecule has 38 heavy (non-hydrogen) atoms. The van der Waals surface area contributed by atoms with E-state index >= 15 is 0 Å². The van der Waals surface area contributed by atoms with Crippen molar-refractivity contribution < 1.29 is 22.0 Å².